The van der Waals surface area contributed by atoms with Crippen molar-refractivity contribution in [3.8, 4) is 0 Å². The quantitative estimate of drug-likeness (QED) is 0.751. The van der Waals surface area contributed by atoms with Crippen molar-refractivity contribution in [2.24, 2.45) is 11.1 Å². The number of rotatable bonds is 4. The van der Waals surface area contributed by atoms with Gasteiger partial charge in [0.25, 0.3) is 0 Å². The minimum atomic E-state index is -3.13. The zero-order chi connectivity index (χ0) is 12.4. The summed E-state index contributed by atoms with van der Waals surface area (Å²) in [4.78, 5) is 0. The molecule has 1 rings (SSSR count). The van der Waals surface area contributed by atoms with Crippen molar-refractivity contribution >= 4 is 10.0 Å². The van der Waals surface area contributed by atoms with E-state index in [2.05, 4.69) is 6.58 Å². The van der Waals surface area contributed by atoms with Crippen LogP contribution in [0.3, 0.4) is 0 Å². The van der Waals surface area contributed by atoms with E-state index in [4.69, 9.17) is 5.73 Å². The molecular formula is C11H22N2O2S. The van der Waals surface area contributed by atoms with Crippen LogP contribution in [0, 0.1) is 5.41 Å². The molecule has 0 aromatic heterocycles. The lowest BCUT2D eigenvalue weighted by atomic mass is 9.81. The maximum Gasteiger partial charge on any atom is 0.214 e. The van der Waals surface area contributed by atoms with Gasteiger partial charge in [-0.05, 0) is 18.3 Å². The summed E-state index contributed by atoms with van der Waals surface area (Å²) < 4.78 is 25.5. The maximum absolute atomic E-state index is 12.0. The zero-order valence-electron chi connectivity index (χ0n) is 10.1. The lowest BCUT2D eigenvalue weighted by Gasteiger charge is -2.41. The van der Waals surface area contributed by atoms with Gasteiger partial charge in [-0.1, -0.05) is 19.9 Å². The second kappa shape index (κ2) is 4.85. The van der Waals surface area contributed by atoms with Crippen LogP contribution >= 0.6 is 0 Å². The fourth-order valence-corrected chi connectivity index (χ4v) is 3.56. The van der Waals surface area contributed by atoms with Crippen LogP contribution in [-0.2, 0) is 10.0 Å². The average molecular weight is 246 g/mol. The highest BCUT2D eigenvalue weighted by atomic mass is 32.2. The predicted molar refractivity (Wildman–Crippen MR) is 66.5 cm³/mol. The van der Waals surface area contributed by atoms with E-state index in [-0.39, 0.29) is 17.2 Å². The molecule has 0 amide bonds. The molecule has 0 bridgehead atoms. The first-order chi connectivity index (χ1) is 7.29. The molecule has 1 unspecified atom stereocenters. The second-order valence-corrected chi connectivity index (χ2v) is 7.20. The van der Waals surface area contributed by atoms with Crippen molar-refractivity contribution in [2.45, 2.75) is 32.7 Å². The van der Waals surface area contributed by atoms with Crippen LogP contribution in [0.2, 0.25) is 0 Å². The van der Waals surface area contributed by atoms with Crippen molar-refractivity contribution in [1.82, 2.24) is 4.31 Å². The Labute approximate surface area is 98.6 Å². The third kappa shape index (κ3) is 3.06. The Hall–Kier alpha value is -0.390. The summed E-state index contributed by atoms with van der Waals surface area (Å²) >= 11 is 0. The normalized spacial score (nSPS) is 26.6. The molecule has 0 spiro atoms. The highest BCUT2D eigenvalue weighted by molar-refractivity contribution is 7.89. The van der Waals surface area contributed by atoms with Crippen molar-refractivity contribution in [2.75, 3.05) is 18.8 Å². The first kappa shape index (κ1) is 13.7. The Morgan fingerprint density at radius 2 is 2.19 bits per heavy atom. The van der Waals surface area contributed by atoms with Gasteiger partial charge in [-0.2, -0.15) is 0 Å². The largest absolute Gasteiger partial charge is 0.327 e. The SMILES string of the molecule is C=CCCS(=O)(=O)N1CCC(N)C(C)(C)C1. The molecular weight excluding hydrogens is 224 g/mol. The monoisotopic (exact) mass is 246 g/mol. The van der Waals surface area contributed by atoms with Crippen molar-refractivity contribution in [3.05, 3.63) is 12.7 Å². The Balaban J connectivity index is 2.72. The van der Waals surface area contributed by atoms with E-state index in [9.17, 15) is 8.42 Å². The molecule has 0 radical (unpaired) electrons. The number of nitrogens with two attached hydrogens (primary N) is 1. The maximum atomic E-state index is 12.0. The zero-order valence-corrected chi connectivity index (χ0v) is 11.0. The Morgan fingerprint density at radius 3 is 2.69 bits per heavy atom. The van der Waals surface area contributed by atoms with E-state index in [0.29, 0.717) is 19.5 Å². The number of allylic oxidation sites excluding steroid dienone is 1. The molecule has 1 fully saturated rings. The molecule has 5 heteroatoms. The Kier molecular flexibility index (Phi) is 4.15. The van der Waals surface area contributed by atoms with Crippen LogP contribution < -0.4 is 5.73 Å². The molecule has 0 aromatic rings. The first-order valence-electron chi connectivity index (χ1n) is 5.64. The molecule has 2 N–H and O–H groups in total. The average Bonchev–Trinajstić information content (AvgIpc) is 2.19. The van der Waals surface area contributed by atoms with Crippen LogP contribution in [0.1, 0.15) is 26.7 Å². The van der Waals surface area contributed by atoms with Gasteiger partial charge in [0.1, 0.15) is 0 Å². The van der Waals surface area contributed by atoms with Gasteiger partial charge in [0.15, 0.2) is 0 Å². The molecule has 0 aromatic carbocycles. The van der Waals surface area contributed by atoms with Crippen LogP contribution in [0.4, 0.5) is 0 Å². The standard InChI is InChI=1S/C11H22N2O2S/c1-4-5-8-16(14,15)13-7-6-10(12)11(2,3)9-13/h4,10H,1,5-9,12H2,2-3H3. The smallest absolute Gasteiger partial charge is 0.214 e. The number of hydrogen-bond acceptors (Lipinski definition) is 3. The van der Waals surface area contributed by atoms with Crippen LogP contribution in [0.15, 0.2) is 12.7 Å². The molecule has 1 atom stereocenters. The minimum Gasteiger partial charge on any atom is -0.327 e. The summed E-state index contributed by atoms with van der Waals surface area (Å²) in [6, 6.07) is 0.0818. The topological polar surface area (TPSA) is 63.4 Å². The fourth-order valence-electron chi connectivity index (χ4n) is 1.92. The van der Waals surface area contributed by atoms with Gasteiger partial charge in [-0.25, -0.2) is 12.7 Å². The predicted octanol–water partition coefficient (Wildman–Crippen LogP) is 0.951. The van der Waals surface area contributed by atoms with E-state index < -0.39 is 10.0 Å². The highest BCUT2D eigenvalue weighted by Crippen LogP contribution is 2.29. The lowest BCUT2D eigenvalue weighted by molar-refractivity contribution is 0.155. The van der Waals surface area contributed by atoms with Gasteiger partial charge in [-0.15, -0.1) is 6.58 Å². The number of sulfonamides is 1. The summed E-state index contributed by atoms with van der Waals surface area (Å²) in [5, 5.41) is 0. The van der Waals surface area contributed by atoms with Crippen LogP contribution in [-0.4, -0.2) is 37.6 Å². The summed E-state index contributed by atoms with van der Waals surface area (Å²) in [5.41, 5.74) is 5.84. The minimum absolute atomic E-state index is 0.0818. The second-order valence-electron chi connectivity index (χ2n) is 5.11. The van der Waals surface area contributed by atoms with Gasteiger partial charge >= 0.3 is 0 Å². The van der Waals surface area contributed by atoms with E-state index in [1.807, 2.05) is 13.8 Å². The first-order valence-corrected chi connectivity index (χ1v) is 7.25. The number of piperidine rings is 1. The molecule has 1 aliphatic rings. The number of hydrogen-bond donors (Lipinski definition) is 1. The van der Waals surface area contributed by atoms with Gasteiger partial charge < -0.3 is 5.73 Å². The molecule has 4 nitrogen and oxygen atoms in total. The molecule has 1 heterocycles. The molecule has 1 aliphatic heterocycles. The summed E-state index contributed by atoms with van der Waals surface area (Å²) in [7, 11) is -3.13. The van der Waals surface area contributed by atoms with Gasteiger partial charge in [-0.3, -0.25) is 0 Å². The Bertz CT molecular complexity index is 349. The highest BCUT2D eigenvalue weighted by Gasteiger charge is 2.37. The van der Waals surface area contributed by atoms with Gasteiger partial charge in [0.05, 0.1) is 5.75 Å². The van der Waals surface area contributed by atoms with Gasteiger partial charge in [0.2, 0.25) is 10.0 Å². The molecule has 94 valence electrons. The van der Waals surface area contributed by atoms with E-state index >= 15 is 0 Å². The van der Waals surface area contributed by atoms with Crippen molar-refractivity contribution < 1.29 is 8.42 Å². The Morgan fingerprint density at radius 1 is 1.56 bits per heavy atom. The molecule has 16 heavy (non-hydrogen) atoms. The molecule has 1 saturated heterocycles. The number of nitrogens with zero attached hydrogens (tertiary/aromatic N) is 1. The lowest BCUT2D eigenvalue weighted by Crippen LogP contribution is -2.54. The summed E-state index contributed by atoms with van der Waals surface area (Å²) in [5.74, 6) is 0.155. The van der Waals surface area contributed by atoms with Crippen molar-refractivity contribution in [1.29, 1.82) is 0 Å². The van der Waals surface area contributed by atoms with E-state index in [1.165, 1.54) is 0 Å². The van der Waals surface area contributed by atoms with Gasteiger partial charge in [0, 0.05) is 19.1 Å². The molecule has 0 saturated carbocycles. The van der Waals surface area contributed by atoms with Crippen LogP contribution in [0.25, 0.3) is 0 Å². The third-order valence-electron chi connectivity index (χ3n) is 3.25. The van der Waals surface area contributed by atoms with E-state index in [1.54, 1.807) is 10.4 Å². The molecule has 0 aliphatic carbocycles. The third-order valence-corrected chi connectivity index (χ3v) is 5.10. The fraction of sp³-hybridized carbons (Fsp3) is 0.818. The van der Waals surface area contributed by atoms with Crippen molar-refractivity contribution in [3.63, 3.8) is 0 Å². The summed E-state index contributed by atoms with van der Waals surface area (Å²) in [6.07, 6.45) is 2.88. The van der Waals surface area contributed by atoms with Crippen LogP contribution in [0.5, 0.6) is 0 Å². The summed E-state index contributed by atoms with van der Waals surface area (Å²) in [6.45, 7) is 8.66. The van der Waals surface area contributed by atoms with E-state index in [0.717, 1.165) is 6.42 Å².